The van der Waals surface area contributed by atoms with Crippen LogP contribution >= 0.6 is 0 Å². The fraction of sp³-hybridized carbons (Fsp3) is 0.318. The molecule has 0 radical (unpaired) electrons. The summed E-state index contributed by atoms with van der Waals surface area (Å²) in [4.78, 5) is 60.2. The summed E-state index contributed by atoms with van der Waals surface area (Å²) >= 11 is 0. The van der Waals surface area contributed by atoms with Gasteiger partial charge in [0.05, 0.1) is 11.3 Å². The Morgan fingerprint density at radius 3 is 2.38 bits per heavy atom. The molecule has 0 bridgehead atoms. The van der Waals surface area contributed by atoms with Crippen molar-refractivity contribution in [3.63, 3.8) is 0 Å². The lowest BCUT2D eigenvalue weighted by Gasteiger charge is -2.36. The molecule has 0 spiro atoms. The zero-order chi connectivity index (χ0) is 42.6. The minimum Gasteiger partial charge on any atom is -0.369 e. The largest absolute Gasteiger partial charge is 0.369 e. The first-order valence-electron chi connectivity index (χ1n) is 20.2. The number of ketones is 1. The second-order valence-corrected chi connectivity index (χ2v) is 17.6. The Balaban J connectivity index is 0.815. The fourth-order valence-corrected chi connectivity index (χ4v) is 9.98. The smallest absolute Gasteiger partial charge is 0.301 e. The second-order valence-electron chi connectivity index (χ2n) is 15.9. The molecule has 5 heterocycles. The molecule has 3 amide bonds. The van der Waals surface area contributed by atoms with Crippen molar-refractivity contribution < 1.29 is 40.8 Å². The molecule has 0 aliphatic carbocycles. The summed E-state index contributed by atoms with van der Waals surface area (Å²) in [6, 6.07) is 20.4. The predicted molar refractivity (Wildman–Crippen MR) is 222 cm³/mol. The third kappa shape index (κ3) is 7.88. The highest BCUT2D eigenvalue weighted by atomic mass is 32.2. The minimum atomic E-state index is -4.35. The molecule has 0 saturated carbocycles. The van der Waals surface area contributed by atoms with Crippen LogP contribution in [0.15, 0.2) is 79.0 Å². The quantitative estimate of drug-likeness (QED) is 0.122. The number of H-pyrrole nitrogens is 1. The van der Waals surface area contributed by atoms with Crippen molar-refractivity contribution in [1.29, 1.82) is 0 Å². The van der Waals surface area contributed by atoms with E-state index in [1.165, 1.54) is 6.20 Å². The van der Waals surface area contributed by atoms with Crippen molar-refractivity contribution in [3.8, 4) is 11.1 Å². The molecule has 2 atom stereocenters. The van der Waals surface area contributed by atoms with Crippen LogP contribution in [0, 0.1) is 11.6 Å². The summed E-state index contributed by atoms with van der Waals surface area (Å²) in [7, 11) is -4.35. The van der Waals surface area contributed by atoms with E-state index in [2.05, 4.69) is 32.2 Å². The number of rotatable bonds is 11. The van der Waals surface area contributed by atoms with Crippen LogP contribution in [0.3, 0.4) is 0 Å². The molecule has 61 heavy (non-hydrogen) atoms. The Hall–Kier alpha value is -6.04. The zero-order valence-corrected chi connectivity index (χ0v) is 33.7. The highest BCUT2D eigenvalue weighted by Gasteiger charge is 2.39. The van der Waals surface area contributed by atoms with Gasteiger partial charge in [0, 0.05) is 92.7 Å². The van der Waals surface area contributed by atoms with Crippen LogP contribution in [0.4, 0.5) is 24.5 Å². The predicted octanol–water partition coefficient (Wildman–Crippen LogP) is 5.17. The third-order valence-corrected chi connectivity index (χ3v) is 13.7. The van der Waals surface area contributed by atoms with Gasteiger partial charge in [-0.15, -0.1) is 0 Å². The van der Waals surface area contributed by atoms with Gasteiger partial charge in [0.25, 0.3) is 5.91 Å². The van der Waals surface area contributed by atoms with Gasteiger partial charge in [-0.2, -0.15) is 12.7 Å². The third-order valence-electron chi connectivity index (χ3n) is 12.2. The van der Waals surface area contributed by atoms with E-state index in [1.807, 2.05) is 41.1 Å². The number of piperidine rings is 1. The van der Waals surface area contributed by atoms with Gasteiger partial charge >= 0.3 is 10.2 Å². The number of amides is 3. The molecule has 3 N–H and O–H groups in total. The number of piperazine rings is 1. The molecule has 3 saturated heterocycles. The molecule has 3 fully saturated rings. The monoisotopic (exact) mass is 853 g/mol. The molecule has 2 unspecified atom stereocenters. The van der Waals surface area contributed by atoms with Crippen molar-refractivity contribution in [2.24, 2.45) is 0 Å². The van der Waals surface area contributed by atoms with Crippen LogP contribution in [0.25, 0.3) is 22.0 Å². The van der Waals surface area contributed by atoms with Crippen molar-refractivity contribution in [3.05, 3.63) is 118 Å². The Labute approximate surface area is 349 Å². The number of imide groups is 1. The van der Waals surface area contributed by atoms with Gasteiger partial charge in [0.1, 0.15) is 18.0 Å². The van der Waals surface area contributed by atoms with Gasteiger partial charge in [-0.1, -0.05) is 30.3 Å². The van der Waals surface area contributed by atoms with E-state index >= 15 is 8.78 Å². The number of aromatic nitrogens is 1. The van der Waals surface area contributed by atoms with Gasteiger partial charge in [-0.25, -0.2) is 13.2 Å². The van der Waals surface area contributed by atoms with Gasteiger partial charge in [-0.05, 0) is 84.0 Å². The molecular weight excluding hydrogens is 812 g/mol. The highest BCUT2D eigenvalue weighted by Crippen LogP contribution is 2.33. The Morgan fingerprint density at radius 2 is 1.64 bits per heavy atom. The lowest BCUT2D eigenvalue weighted by atomic mass is 9.97. The van der Waals surface area contributed by atoms with Crippen molar-refractivity contribution in [1.82, 2.24) is 24.4 Å². The van der Waals surface area contributed by atoms with E-state index < -0.39 is 57.0 Å². The molecule has 4 aliphatic rings. The Kier molecular flexibility index (Phi) is 10.7. The maximum absolute atomic E-state index is 15.7. The summed E-state index contributed by atoms with van der Waals surface area (Å²) in [5.41, 5.74) is 4.36. The summed E-state index contributed by atoms with van der Waals surface area (Å²) in [6.07, 6.45) is 1.40. The van der Waals surface area contributed by atoms with E-state index in [1.54, 1.807) is 17.0 Å². The number of carbonyl (C=O) groups is 4. The number of aromatic amines is 1. The van der Waals surface area contributed by atoms with Gasteiger partial charge in [-0.3, -0.25) is 34.1 Å². The maximum Gasteiger partial charge on any atom is 0.301 e. The first-order chi connectivity index (χ1) is 29.3. The van der Waals surface area contributed by atoms with Crippen molar-refractivity contribution in [2.75, 3.05) is 55.4 Å². The number of carbonyl (C=O) groups excluding carboxylic acids is 4. The average Bonchev–Trinajstić information content (AvgIpc) is 3.98. The van der Waals surface area contributed by atoms with Gasteiger partial charge in [0.15, 0.2) is 5.82 Å². The number of alkyl halides is 1. The second kappa shape index (κ2) is 16.1. The fourth-order valence-electron chi connectivity index (χ4n) is 8.71. The van der Waals surface area contributed by atoms with E-state index in [9.17, 15) is 32.0 Å². The number of benzene rings is 4. The lowest BCUT2D eigenvalue weighted by molar-refractivity contribution is -0.136. The van der Waals surface area contributed by atoms with Crippen LogP contribution in [0.1, 0.15) is 56.7 Å². The molecule has 4 aromatic carbocycles. The molecule has 4 aliphatic heterocycles. The van der Waals surface area contributed by atoms with Crippen molar-refractivity contribution >= 4 is 56.0 Å². The Morgan fingerprint density at radius 1 is 0.869 bits per heavy atom. The lowest BCUT2D eigenvalue weighted by Crippen LogP contribution is -2.52. The number of nitrogens with one attached hydrogen (secondary N) is 3. The summed E-state index contributed by atoms with van der Waals surface area (Å²) in [5.74, 6) is -4.41. The molecule has 13 nitrogen and oxygen atoms in total. The summed E-state index contributed by atoms with van der Waals surface area (Å²) in [5, 5.41) is 2.78. The van der Waals surface area contributed by atoms with Crippen LogP contribution in [-0.2, 0) is 32.8 Å². The zero-order valence-electron chi connectivity index (χ0n) is 32.9. The number of halogens is 3. The minimum absolute atomic E-state index is 0.00634. The molecule has 9 rings (SSSR count). The van der Waals surface area contributed by atoms with E-state index in [-0.39, 0.29) is 43.3 Å². The summed E-state index contributed by atoms with van der Waals surface area (Å²) < 4.78 is 73.0. The average molecular weight is 854 g/mol. The van der Waals surface area contributed by atoms with Gasteiger partial charge < -0.3 is 14.8 Å². The number of hydrogen-bond donors (Lipinski definition) is 3. The number of anilines is 2. The highest BCUT2D eigenvalue weighted by molar-refractivity contribution is 7.90. The number of hydrogen-bond acceptors (Lipinski definition) is 8. The number of fused-ring (bicyclic) bond motifs is 2. The standard InChI is InChI=1S/C44H42F3N7O6S/c45-30-14-16-53(25-30)61(59,60)50-37-10-8-35(46)40(41(37)47)42(56)34-23-48-36-9-5-28(22-33(34)36)27-3-1-26(2-4-27)13-15-51-17-19-52(20-18-51)31-6-7-32-29(21-31)24-54(44(32)58)38-11-12-39(55)49-43(38)57/h1-10,21-23,30,38,48,50H,11-20,24-25H2,(H,49,55,57). The Bertz CT molecular complexity index is 2700. The van der Waals surface area contributed by atoms with Crippen LogP contribution in [0.5, 0.6) is 0 Å². The molecular formula is C44H42F3N7O6S. The maximum atomic E-state index is 15.7. The van der Waals surface area contributed by atoms with E-state index in [4.69, 9.17) is 0 Å². The first kappa shape index (κ1) is 40.4. The van der Waals surface area contributed by atoms with Crippen molar-refractivity contribution in [2.45, 2.75) is 44.4 Å². The van der Waals surface area contributed by atoms with E-state index in [0.717, 1.165) is 83.5 Å². The van der Waals surface area contributed by atoms with E-state index in [0.29, 0.717) is 29.4 Å². The normalized spacial score (nSPS) is 20.1. The molecule has 316 valence electrons. The topological polar surface area (TPSA) is 155 Å². The number of nitrogens with zero attached hydrogens (tertiary/aromatic N) is 4. The van der Waals surface area contributed by atoms with Crippen LogP contribution < -0.4 is 14.9 Å². The summed E-state index contributed by atoms with van der Waals surface area (Å²) in [6.45, 7) is 4.09. The molecule has 5 aromatic rings. The molecule has 17 heteroatoms. The van der Waals surface area contributed by atoms with Crippen LogP contribution in [0.2, 0.25) is 0 Å². The SMILES string of the molecule is O=C1CCC(N2Cc3cc(N4CCN(CCc5ccc(-c6ccc7[nH]cc(C(=O)c8c(F)ccc(NS(=O)(=O)N9CCC(F)C9)c8F)c7c6)cc5)CC4)ccc3C2=O)C(=O)N1. The molecule has 1 aromatic heterocycles. The van der Waals surface area contributed by atoms with Gasteiger partial charge in [0.2, 0.25) is 17.6 Å². The first-order valence-corrected chi connectivity index (χ1v) is 21.7. The van der Waals surface area contributed by atoms with Crippen LogP contribution in [-0.4, -0.2) is 109 Å².